The van der Waals surface area contributed by atoms with Crippen LogP contribution in [0.2, 0.25) is 0 Å². The number of aliphatic hydroxyl groups is 1. The lowest BCUT2D eigenvalue weighted by atomic mass is 9.96. The van der Waals surface area contributed by atoms with E-state index < -0.39 is 6.10 Å². The fourth-order valence-electron chi connectivity index (χ4n) is 1.85. The highest BCUT2D eigenvalue weighted by Crippen LogP contribution is 2.13. The Bertz CT molecular complexity index is 392. The van der Waals surface area contributed by atoms with Gasteiger partial charge in [0.25, 0.3) is 5.91 Å². The Hall–Kier alpha value is -1.62. The van der Waals surface area contributed by atoms with Crippen LogP contribution in [-0.2, 0) is 0 Å². The van der Waals surface area contributed by atoms with Crippen molar-refractivity contribution in [3.8, 4) is 5.75 Å². The number of aromatic hydroxyl groups is 1. The van der Waals surface area contributed by atoms with Crippen molar-refractivity contribution >= 4 is 5.91 Å². The van der Waals surface area contributed by atoms with E-state index in [2.05, 4.69) is 10.3 Å². The number of hydrogen-bond acceptors (Lipinski definition) is 4. The average Bonchev–Trinajstić information content (AvgIpc) is 2.37. The summed E-state index contributed by atoms with van der Waals surface area (Å²) in [5.41, 5.74) is 0.284. The maximum atomic E-state index is 11.7. The number of rotatable bonds is 6. The molecule has 0 aliphatic rings. The van der Waals surface area contributed by atoms with E-state index in [1.165, 1.54) is 18.5 Å². The number of aliphatic hydroxyl groups excluding tert-OH is 1. The van der Waals surface area contributed by atoms with Gasteiger partial charge in [-0.1, -0.05) is 26.7 Å². The second kappa shape index (κ2) is 6.96. The van der Waals surface area contributed by atoms with Gasteiger partial charge in [-0.2, -0.15) is 0 Å². The zero-order valence-corrected chi connectivity index (χ0v) is 10.8. The minimum Gasteiger partial charge on any atom is -0.506 e. The zero-order chi connectivity index (χ0) is 13.5. The number of aromatic nitrogens is 1. The first kappa shape index (κ1) is 14.4. The summed E-state index contributed by atoms with van der Waals surface area (Å²) in [5, 5.41) is 21.7. The molecule has 0 aromatic carbocycles. The van der Waals surface area contributed by atoms with Crippen LogP contribution in [0.5, 0.6) is 5.75 Å². The van der Waals surface area contributed by atoms with Crippen molar-refractivity contribution in [1.29, 1.82) is 0 Å². The van der Waals surface area contributed by atoms with Gasteiger partial charge in [0.2, 0.25) is 0 Å². The van der Waals surface area contributed by atoms with Gasteiger partial charge in [0.15, 0.2) is 0 Å². The molecule has 1 unspecified atom stereocenters. The SMILES string of the molecule is CCC(CC)C(O)CNC(=O)c1cncc(O)c1. The van der Waals surface area contributed by atoms with Crippen molar-refractivity contribution in [3.05, 3.63) is 24.0 Å². The third-order valence-electron chi connectivity index (χ3n) is 3.05. The van der Waals surface area contributed by atoms with Crippen LogP contribution < -0.4 is 5.32 Å². The van der Waals surface area contributed by atoms with E-state index in [0.29, 0.717) is 0 Å². The average molecular weight is 252 g/mol. The lowest BCUT2D eigenvalue weighted by Crippen LogP contribution is -2.36. The first-order chi connectivity index (χ1) is 8.58. The molecule has 1 aromatic rings. The highest BCUT2D eigenvalue weighted by atomic mass is 16.3. The van der Waals surface area contributed by atoms with Gasteiger partial charge >= 0.3 is 0 Å². The van der Waals surface area contributed by atoms with Gasteiger partial charge in [-0.15, -0.1) is 0 Å². The van der Waals surface area contributed by atoms with Gasteiger partial charge in [-0.25, -0.2) is 0 Å². The van der Waals surface area contributed by atoms with Crippen molar-refractivity contribution in [3.63, 3.8) is 0 Å². The van der Waals surface area contributed by atoms with Gasteiger partial charge < -0.3 is 15.5 Å². The Morgan fingerprint density at radius 2 is 2.06 bits per heavy atom. The summed E-state index contributed by atoms with van der Waals surface area (Å²) in [5.74, 6) is -0.209. The molecule has 5 heteroatoms. The second-order valence-corrected chi connectivity index (χ2v) is 4.29. The normalized spacial score (nSPS) is 12.4. The number of nitrogens with one attached hydrogen (secondary N) is 1. The molecule has 5 nitrogen and oxygen atoms in total. The summed E-state index contributed by atoms with van der Waals surface area (Å²) in [6.07, 6.45) is 3.84. The molecule has 3 N–H and O–H groups in total. The number of pyridine rings is 1. The molecule has 1 rings (SSSR count). The molecule has 1 atom stereocenters. The van der Waals surface area contributed by atoms with Gasteiger partial charge in [-0.05, 0) is 12.0 Å². The molecule has 1 heterocycles. The molecular formula is C13H20N2O3. The van der Waals surface area contributed by atoms with Crippen molar-refractivity contribution < 1.29 is 15.0 Å². The monoisotopic (exact) mass is 252 g/mol. The maximum Gasteiger partial charge on any atom is 0.253 e. The van der Waals surface area contributed by atoms with Gasteiger partial charge in [-0.3, -0.25) is 9.78 Å². The number of amides is 1. The van der Waals surface area contributed by atoms with Crippen LogP contribution in [0.3, 0.4) is 0 Å². The molecule has 0 radical (unpaired) electrons. The van der Waals surface area contributed by atoms with Crippen LogP contribution in [-0.4, -0.2) is 33.8 Å². The molecule has 0 aliphatic heterocycles. The predicted octanol–water partition coefficient (Wildman–Crippen LogP) is 1.31. The highest BCUT2D eigenvalue weighted by Gasteiger charge is 2.16. The molecular weight excluding hydrogens is 232 g/mol. The maximum absolute atomic E-state index is 11.7. The third-order valence-corrected chi connectivity index (χ3v) is 3.05. The van der Waals surface area contributed by atoms with Gasteiger partial charge in [0.1, 0.15) is 5.75 Å². The molecule has 1 amide bonds. The standard InChI is InChI=1S/C13H20N2O3/c1-3-9(4-2)12(17)8-15-13(18)10-5-11(16)7-14-6-10/h5-7,9,12,16-17H,3-4,8H2,1-2H3,(H,15,18). The summed E-state index contributed by atoms with van der Waals surface area (Å²) in [6.45, 7) is 4.23. The molecule has 1 aromatic heterocycles. The van der Waals surface area contributed by atoms with Crippen molar-refractivity contribution in [2.75, 3.05) is 6.54 Å². The minimum atomic E-state index is -0.547. The van der Waals surface area contributed by atoms with Crippen LogP contribution in [0, 0.1) is 5.92 Å². The molecule has 0 saturated carbocycles. The molecule has 18 heavy (non-hydrogen) atoms. The third kappa shape index (κ3) is 4.00. The Balaban J connectivity index is 2.51. The minimum absolute atomic E-state index is 0.0526. The second-order valence-electron chi connectivity index (χ2n) is 4.29. The molecule has 0 bridgehead atoms. The van der Waals surface area contributed by atoms with Crippen molar-refractivity contribution in [1.82, 2.24) is 10.3 Å². The first-order valence-corrected chi connectivity index (χ1v) is 6.18. The Labute approximate surface area is 107 Å². The van der Waals surface area contributed by atoms with Crippen molar-refractivity contribution in [2.45, 2.75) is 32.8 Å². The van der Waals surface area contributed by atoms with Crippen LogP contribution in [0.1, 0.15) is 37.0 Å². The van der Waals surface area contributed by atoms with E-state index in [0.717, 1.165) is 12.8 Å². The van der Waals surface area contributed by atoms with Crippen LogP contribution >= 0.6 is 0 Å². The fourth-order valence-corrected chi connectivity index (χ4v) is 1.85. The first-order valence-electron chi connectivity index (χ1n) is 6.18. The number of hydrogen-bond donors (Lipinski definition) is 3. The molecule has 0 aliphatic carbocycles. The van der Waals surface area contributed by atoms with Crippen LogP contribution in [0.4, 0.5) is 0 Å². The number of nitrogens with zero attached hydrogens (tertiary/aromatic N) is 1. The summed E-state index contributed by atoms with van der Waals surface area (Å²) < 4.78 is 0. The largest absolute Gasteiger partial charge is 0.506 e. The predicted molar refractivity (Wildman–Crippen MR) is 68.3 cm³/mol. The van der Waals surface area contributed by atoms with Gasteiger partial charge in [0, 0.05) is 12.7 Å². The highest BCUT2D eigenvalue weighted by molar-refractivity contribution is 5.94. The lowest BCUT2D eigenvalue weighted by Gasteiger charge is -2.20. The van der Waals surface area contributed by atoms with E-state index in [-0.39, 0.29) is 29.7 Å². The summed E-state index contributed by atoms with van der Waals surface area (Å²) in [4.78, 5) is 15.5. The number of carbonyl (C=O) groups is 1. The number of carbonyl (C=O) groups excluding carboxylic acids is 1. The molecule has 0 spiro atoms. The van der Waals surface area contributed by atoms with Crippen LogP contribution in [0.15, 0.2) is 18.5 Å². The summed E-state index contributed by atoms with van der Waals surface area (Å²) in [6, 6.07) is 1.34. The van der Waals surface area contributed by atoms with E-state index in [1.807, 2.05) is 13.8 Å². The molecule has 100 valence electrons. The topological polar surface area (TPSA) is 82.5 Å². The Kier molecular flexibility index (Phi) is 5.58. The quantitative estimate of drug-likeness (QED) is 0.713. The summed E-state index contributed by atoms with van der Waals surface area (Å²) >= 11 is 0. The lowest BCUT2D eigenvalue weighted by molar-refractivity contribution is 0.0816. The van der Waals surface area contributed by atoms with Crippen LogP contribution in [0.25, 0.3) is 0 Å². The van der Waals surface area contributed by atoms with E-state index in [1.54, 1.807) is 0 Å². The molecule has 0 saturated heterocycles. The van der Waals surface area contributed by atoms with E-state index in [9.17, 15) is 15.0 Å². The van der Waals surface area contributed by atoms with Crippen molar-refractivity contribution in [2.24, 2.45) is 5.92 Å². The Morgan fingerprint density at radius 1 is 1.39 bits per heavy atom. The molecule has 0 fully saturated rings. The smallest absolute Gasteiger partial charge is 0.253 e. The summed E-state index contributed by atoms with van der Waals surface area (Å²) in [7, 11) is 0. The van der Waals surface area contributed by atoms with E-state index in [4.69, 9.17) is 0 Å². The van der Waals surface area contributed by atoms with Gasteiger partial charge in [0.05, 0.1) is 17.9 Å². The zero-order valence-electron chi connectivity index (χ0n) is 10.8. The van der Waals surface area contributed by atoms with E-state index >= 15 is 0 Å². The Morgan fingerprint density at radius 3 is 2.61 bits per heavy atom. The fraction of sp³-hybridized carbons (Fsp3) is 0.538.